The predicted molar refractivity (Wildman–Crippen MR) is 76.9 cm³/mol. The summed E-state index contributed by atoms with van der Waals surface area (Å²) < 4.78 is 0. The first-order valence-corrected chi connectivity index (χ1v) is 7.69. The maximum absolute atomic E-state index is 6.28. The molecule has 1 aliphatic heterocycles. The number of halogens is 2. The van der Waals surface area contributed by atoms with Gasteiger partial charge < -0.3 is 0 Å². The molecule has 0 aromatic heterocycles. The molecule has 0 spiro atoms. The van der Waals surface area contributed by atoms with Crippen molar-refractivity contribution in [1.82, 2.24) is 10.2 Å². The molecule has 2 unspecified atom stereocenters. The summed E-state index contributed by atoms with van der Waals surface area (Å²) in [6.45, 7) is 4.03. The highest BCUT2D eigenvalue weighted by molar-refractivity contribution is 7.99. The Morgan fingerprint density at radius 1 is 1.41 bits per heavy atom. The molecule has 0 radical (unpaired) electrons. The van der Waals surface area contributed by atoms with Gasteiger partial charge in [0, 0.05) is 22.2 Å². The Hall–Kier alpha value is 0.0700. The van der Waals surface area contributed by atoms with Gasteiger partial charge in [-0.25, -0.2) is 0 Å². The molecule has 0 saturated carbocycles. The molecule has 94 valence electrons. The highest BCUT2D eigenvalue weighted by atomic mass is 35.5. The van der Waals surface area contributed by atoms with Crippen LogP contribution in [-0.4, -0.2) is 29.7 Å². The summed E-state index contributed by atoms with van der Waals surface area (Å²) in [5.74, 6) is 0. The molecule has 0 bridgehead atoms. The maximum atomic E-state index is 6.28. The topological polar surface area (TPSA) is 15.3 Å². The fourth-order valence-corrected chi connectivity index (χ4v) is 3.79. The number of nitrogens with zero attached hydrogens (tertiary/aromatic N) is 1. The van der Waals surface area contributed by atoms with Gasteiger partial charge in [-0.05, 0) is 24.9 Å². The van der Waals surface area contributed by atoms with Gasteiger partial charge in [0.1, 0.15) is 5.50 Å². The van der Waals surface area contributed by atoms with Gasteiger partial charge in [0.25, 0.3) is 0 Å². The van der Waals surface area contributed by atoms with Crippen molar-refractivity contribution in [3.8, 4) is 0 Å². The van der Waals surface area contributed by atoms with E-state index < -0.39 is 0 Å². The molecule has 1 N–H and O–H groups in total. The van der Waals surface area contributed by atoms with Gasteiger partial charge in [0.2, 0.25) is 0 Å². The molecule has 17 heavy (non-hydrogen) atoms. The molecule has 1 aromatic rings. The van der Waals surface area contributed by atoms with Gasteiger partial charge in [-0.3, -0.25) is 10.2 Å². The van der Waals surface area contributed by atoms with Crippen molar-refractivity contribution in [1.29, 1.82) is 0 Å². The lowest BCUT2D eigenvalue weighted by atomic mass is 10.1. The lowest BCUT2D eigenvalue weighted by molar-refractivity contribution is 0.256. The Bertz CT molecular complexity index is 380. The third-order valence-corrected chi connectivity index (χ3v) is 4.65. The second-order valence-corrected chi connectivity index (χ2v) is 5.71. The van der Waals surface area contributed by atoms with Gasteiger partial charge in [-0.1, -0.05) is 36.2 Å². The van der Waals surface area contributed by atoms with E-state index in [1.165, 1.54) is 0 Å². The highest BCUT2D eigenvalue weighted by Crippen LogP contribution is 2.37. The van der Waals surface area contributed by atoms with Crippen LogP contribution in [0.1, 0.15) is 18.5 Å². The Morgan fingerprint density at radius 3 is 2.59 bits per heavy atom. The van der Waals surface area contributed by atoms with Gasteiger partial charge in [0.15, 0.2) is 0 Å². The van der Waals surface area contributed by atoms with Crippen LogP contribution in [0.4, 0.5) is 0 Å². The largest absolute Gasteiger partial charge is 0.291 e. The first-order chi connectivity index (χ1) is 8.19. The van der Waals surface area contributed by atoms with E-state index in [2.05, 4.69) is 23.4 Å². The van der Waals surface area contributed by atoms with Crippen LogP contribution in [0.2, 0.25) is 10.0 Å². The summed E-state index contributed by atoms with van der Waals surface area (Å²) in [5.41, 5.74) is 1.39. The van der Waals surface area contributed by atoms with Crippen LogP contribution < -0.4 is 5.32 Å². The van der Waals surface area contributed by atoms with Crippen LogP contribution in [0.3, 0.4) is 0 Å². The number of hydrogen-bond acceptors (Lipinski definition) is 3. The predicted octanol–water partition coefficient (Wildman–Crippen LogP) is 3.61. The maximum Gasteiger partial charge on any atom is 0.108 e. The lowest BCUT2D eigenvalue weighted by Gasteiger charge is -2.27. The molecular formula is C12H16Cl2N2S. The molecule has 1 heterocycles. The Balaban J connectivity index is 2.34. The minimum absolute atomic E-state index is 0.263. The standard InChI is InChI=1S/C12H16Cl2N2S/c1-3-16-10(7-15-12(16)17-2)11-8(13)5-4-6-9(11)14/h4-6,10,12,15H,3,7H2,1-2H3. The fourth-order valence-electron chi connectivity index (χ4n) is 2.31. The summed E-state index contributed by atoms with van der Waals surface area (Å²) >= 11 is 14.4. The summed E-state index contributed by atoms with van der Waals surface area (Å²) in [5, 5.41) is 4.99. The number of hydrogen-bond donors (Lipinski definition) is 1. The third-order valence-electron chi connectivity index (χ3n) is 3.11. The minimum atomic E-state index is 0.263. The van der Waals surface area contributed by atoms with E-state index in [4.69, 9.17) is 23.2 Å². The van der Waals surface area contributed by atoms with Crippen LogP contribution in [0.25, 0.3) is 0 Å². The van der Waals surface area contributed by atoms with Gasteiger partial charge >= 0.3 is 0 Å². The van der Waals surface area contributed by atoms with E-state index in [0.29, 0.717) is 5.50 Å². The molecule has 1 fully saturated rings. The average Bonchev–Trinajstić information content (AvgIpc) is 2.71. The van der Waals surface area contributed by atoms with Gasteiger partial charge in [-0.15, -0.1) is 11.8 Å². The van der Waals surface area contributed by atoms with Crippen molar-refractivity contribution in [2.75, 3.05) is 19.3 Å². The van der Waals surface area contributed by atoms with Crippen molar-refractivity contribution in [3.05, 3.63) is 33.8 Å². The fraction of sp³-hybridized carbons (Fsp3) is 0.500. The van der Waals surface area contributed by atoms with Gasteiger partial charge in [-0.2, -0.15) is 0 Å². The Kier molecular flexibility index (Phi) is 4.61. The molecule has 5 heteroatoms. The van der Waals surface area contributed by atoms with Crippen LogP contribution in [0, 0.1) is 0 Å². The molecule has 1 aromatic carbocycles. The van der Waals surface area contributed by atoms with Crippen molar-refractivity contribution in [2.45, 2.75) is 18.5 Å². The van der Waals surface area contributed by atoms with Crippen LogP contribution in [0.15, 0.2) is 18.2 Å². The van der Waals surface area contributed by atoms with Crippen molar-refractivity contribution >= 4 is 35.0 Å². The first kappa shape index (κ1) is 13.5. The molecular weight excluding hydrogens is 275 g/mol. The number of thioether (sulfide) groups is 1. The number of benzene rings is 1. The Morgan fingerprint density at radius 2 is 2.06 bits per heavy atom. The van der Waals surface area contributed by atoms with Crippen molar-refractivity contribution in [2.24, 2.45) is 0 Å². The zero-order valence-corrected chi connectivity index (χ0v) is 12.2. The van der Waals surface area contributed by atoms with E-state index in [1.807, 2.05) is 18.2 Å². The number of nitrogens with one attached hydrogen (secondary N) is 1. The van der Waals surface area contributed by atoms with E-state index >= 15 is 0 Å². The molecule has 2 nitrogen and oxygen atoms in total. The second-order valence-electron chi connectivity index (χ2n) is 3.98. The molecule has 2 atom stereocenters. The molecule has 0 amide bonds. The Labute approximate surface area is 117 Å². The minimum Gasteiger partial charge on any atom is -0.291 e. The highest BCUT2D eigenvalue weighted by Gasteiger charge is 2.34. The molecule has 0 aliphatic carbocycles. The summed E-state index contributed by atoms with van der Waals surface area (Å²) in [4.78, 5) is 2.39. The summed E-state index contributed by atoms with van der Waals surface area (Å²) in [6, 6.07) is 5.96. The van der Waals surface area contributed by atoms with Crippen molar-refractivity contribution in [3.63, 3.8) is 0 Å². The van der Waals surface area contributed by atoms with E-state index in [0.717, 1.165) is 28.7 Å². The quantitative estimate of drug-likeness (QED) is 0.916. The third kappa shape index (κ3) is 2.59. The molecule has 2 rings (SSSR count). The van der Waals surface area contributed by atoms with Gasteiger partial charge in [0.05, 0.1) is 6.04 Å². The second kappa shape index (κ2) is 5.81. The zero-order chi connectivity index (χ0) is 12.4. The normalized spacial score (nSPS) is 25.4. The molecule has 1 saturated heterocycles. The monoisotopic (exact) mass is 290 g/mol. The van der Waals surface area contributed by atoms with E-state index in [1.54, 1.807) is 11.8 Å². The summed E-state index contributed by atoms with van der Waals surface area (Å²) in [7, 11) is 0. The number of rotatable bonds is 3. The smallest absolute Gasteiger partial charge is 0.108 e. The summed E-state index contributed by atoms with van der Waals surface area (Å²) in [6.07, 6.45) is 2.11. The van der Waals surface area contributed by atoms with Crippen LogP contribution >= 0.6 is 35.0 Å². The SMILES string of the molecule is CCN1C(SC)NCC1c1c(Cl)cccc1Cl. The van der Waals surface area contributed by atoms with Crippen LogP contribution in [0.5, 0.6) is 0 Å². The average molecular weight is 291 g/mol. The van der Waals surface area contributed by atoms with Crippen molar-refractivity contribution < 1.29 is 0 Å². The number of likely N-dealkylation sites (N-methyl/N-ethyl adjacent to an activating group) is 1. The van der Waals surface area contributed by atoms with E-state index in [9.17, 15) is 0 Å². The lowest BCUT2D eigenvalue weighted by Crippen LogP contribution is -2.33. The zero-order valence-electron chi connectivity index (χ0n) is 9.91. The van der Waals surface area contributed by atoms with Crippen LogP contribution in [-0.2, 0) is 0 Å². The molecule has 1 aliphatic rings. The van der Waals surface area contributed by atoms with E-state index in [-0.39, 0.29) is 6.04 Å². The first-order valence-electron chi connectivity index (χ1n) is 5.64.